The molecule has 118 valence electrons. The van der Waals surface area contributed by atoms with E-state index in [9.17, 15) is 0 Å². The van der Waals surface area contributed by atoms with Crippen LogP contribution in [0.25, 0.3) is 0 Å². The Morgan fingerprint density at radius 2 is 2.00 bits per heavy atom. The SMILES string of the molecule is CCC1=C/C(=C\NC2CCCCCCC2)N=C1c1ccc[nH]1. The Hall–Kier alpha value is -1.77. The number of rotatable bonds is 4. The van der Waals surface area contributed by atoms with Crippen molar-refractivity contribution in [2.24, 2.45) is 4.99 Å². The van der Waals surface area contributed by atoms with Gasteiger partial charge in [-0.1, -0.05) is 39.0 Å². The zero-order chi connectivity index (χ0) is 15.2. The Kier molecular flexibility index (Phi) is 5.15. The molecule has 1 aromatic heterocycles. The zero-order valence-electron chi connectivity index (χ0n) is 13.6. The first kappa shape index (κ1) is 15.1. The number of nitrogens with one attached hydrogen (secondary N) is 2. The Bertz CT molecular complexity index is 556. The van der Waals surface area contributed by atoms with Gasteiger partial charge in [-0.25, -0.2) is 4.99 Å². The summed E-state index contributed by atoms with van der Waals surface area (Å²) in [5, 5.41) is 3.62. The molecule has 2 N–H and O–H groups in total. The van der Waals surface area contributed by atoms with Gasteiger partial charge in [-0.15, -0.1) is 0 Å². The normalized spacial score (nSPS) is 22.1. The first-order chi connectivity index (χ1) is 10.9. The fourth-order valence-electron chi connectivity index (χ4n) is 3.36. The molecule has 0 radical (unpaired) electrons. The Labute approximate surface area is 133 Å². The standard InChI is InChI=1S/C19H27N3/c1-2-15-13-17(22-19(15)18-11-8-12-20-18)14-21-16-9-6-4-3-5-7-10-16/h8,11-14,16,20-21H,2-7,9-10H2,1H3/b17-14+. The van der Waals surface area contributed by atoms with Crippen LogP contribution in [0.2, 0.25) is 0 Å². The molecule has 0 aromatic carbocycles. The quantitative estimate of drug-likeness (QED) is 0.831. The molecule has 3 nitrogen and oxygen atoms in total. The van der Waals surface area contributed by atoms with Crippen LogP contribution in [0.4, 0.5) is 0 Å². The average molecular weight is 297 g/mol. The minimum atomic E-state index is 0.621. The van der Waals surface area contributed by atoms with Gasteiger partial charge < -0.3 is 10.3 Å². The molecule has 0 saturated heterocycles. The van der Waals surface area contributed by atoms with E-state index in [-0.39, 0.29) is 0 Å². The summed E-state index contributed by atoms with van der Waals surface area (Å²) in [6.07, 6.45) is 16.8. The lowest BCUT2D eigenvalue weighted by atomic mass is 9.97. The van der Waals surface area contributed by atoms with Crippen molar-refractivity contribution < 1.29 is 0 Å². The molecule has 0 bridgehead atoms. The van der Waals surface area contributed by atoms with Crippen LogP contribution in [0.3, 0.4) is 0 Å². The van der Waals surface area contributed by atoms with Gasteiger partial charge in [0.1, 0.15) is 0 Å². The summed E-state index contributed by atoms with van der Waals surface area (Å²) in [5.74, 6) is 0. The van der Waals surface area contributed by atoms with Crippen molar-refractivity contribution in [3.8, 4) is 0 Å². The lowest BCUT2D eigenvalue weighted by Crippen LogP contribution is -2.25. The van der Waals surface area contributed by atoms with Gasteiger partial charge in [-0.05, 0) is 43.0 Å². The van der Waals surface area contributed by atoms with Crippen LogP contribution in [0, 0.1) is 0 Å². The van der Waals surface area contributed by atoms with E-state index in [1.807, 2.05) is 12.3 Å². The monoisotopic (exact) mass is 297 g/mol. The van der Waals surface area contributed by atoms with E-state index in [2.05, 4.69) is 35.6 Å². The van der Waals surface area contributed by atoms with Gasteiger partial charge in [0.25, 0.3) is 0 Å². The fourth-order valence-corrected chi connectivity index (χ4v) is 3.36. The molecule has 1 aromatic rings. The van der Waals surface area contributed by atoms with Crippen molar-refractivity contribution in [2.75, 3.05) is 0 Å². The second kappa shape index (κ2) is 7.48. The highest BCUT2D eigenvalue weighted by Crippen LogP contribution is 2.23. The Morgan fingerprint density at radius 1 is 1.23 bits per heavy atom. The number of aromatic nitrogens is 1. The maximum Gasteiger partial charge on any atom is 0.0904 e. The fraction of sp³-hybridized carbons (Fsp3) is 0.526. The van der Waals surface area contributed by atoms with E-state index < -0.39 is 0 Å². The van der Waals surface area contributed by atoms with Gasteiger partial charge in [0.05, 0.1) is 17.1 Å². The molecule has 2 heterocycles. The van der Waals surface area contributed by atoms with Crippen LogP contribution >= 0.6 is 0 Å². The highest BCUT2D eigenvalue weighted by Gasteiger charge is 2.16. The molecule has 22 heavy (non-hydrogen) atoms. The summed E-state index contributed by atoms with van der Waals surface area (Å²) in [5.41, 5.74) is 4.58. The number of H-pyrrole nitrogens is 1. The first-order valence-electron chi connectivity index (χ1n) is 8.76. The van der Waals surface area contributed by atoms with Gasteiger partial charge in [-0.2, -0.15) is 0 Å². The van der Waals surface area contributed by atoms with Gasteiger partial charge in [0.15, 0.2) is 0 Å². The third-order valence-corrected chi connectivity index (χ3v) is 4.67. The molecule has 2 aliphatic rings. The summed E-state index contributed by atoms with van der Waals surface area (Å²) in [4.78, 5) is 8.07. The number of aliphatic imine (C=N–C) groups is 1. The molecule has 1 fully saturated rings. The van der Waals surface area contributed by atoms with Crippen LogP contribution in [-0.2, 0) is 0 Å². The molecule has 3 rings (SSSR count). The lowest BCUT2D eigenvalue weighted by molar-refractivity contribution is 0.419. The number of nitrogens with zero attached hydrogens (tertiary/aromatic N) is 1. The van der Waals surface area contributed by atoms with E-state index in [0.29, 0.717) is 6.04 Å². The Balaban J connectivity index is 1.67. The molecular weight excluding hydrogens is 270 g/mol. The predicted molar refractivity (Wildman–Crippen MR) is 93.0 cm³/mol. The first-order valence-corrected chi connectivity index (χ1v) is 8.76. The van der Waals surface area contributed by atoms with Gasteiger partial charge >= 0.3 is 0 Å². The van der Waals surface area contributed by atoms with E-state index >= 15 is 0 Å². The van der Waals surface area contributed by atoms with E-state index in [1.165, 1.54) is 50.5 Å². The molecule has 0 unspecified atom stereocenters. The topological polar surface area (TPSA) is 40.2 Å². The van der Waals surface area contributed by atoms with Gasteiger partial charge in [-0.3, -0.25) is 0 Å². The van der Waals surface area contributed by atoms with Gasteiger partial charge in [0.2, 0.25) is 0 Å². The van der Waals surface area contributed by atoms with Gasteiger partial charge in [0, 0.05) is 18.4 Å². The number of aromatic amines is 1. The summed E-state index contributed by atoms with van der Waals surface area (Å²) in [7, 11) is 0. The lowest BCUT2D eigenvalue weighted by Gasteiger charge is -2.19. The molecule has 0 spiro atoms. The van der Waals surface area contributed by atoms with Crippen LogP contribution in [0.15, 0.2) is 46.9 Å². The van der Waals surface area contributed by atoms with Crippen LogP contribution in [-0.4, -0.2) is 16.7 Å². The summed E-state index contributed by atoms with van der Waals surface area (Å²) >= 11 is 0. The minimum Gasteiger partial charge on any atom is -0.386 e. The van der Waals surface area contributed by atoms with E-state index in [4.69, 9.17) is 4.99 Å². The maximum absolute atomic E-state index is 4.80. The average Bonchev–Trinajstić information content (AvgIpc) is 3.15. The molecule has 1 aliphatic heterocycles. The minimum absolute atomic E-state index is 0.621. The van der Waals surface area contributed by atoms with Crippen LogP contribution in [0.5, 0.6) is 0 Å². The number of hydrogen-bond acceptors (Lipinski definition) is 2. The molecule has 1 aliphatic carbocycles. The summed E-state index contributed by atoms with van der Waals surface area (Å²) in [6.45, 7) is 2.19. The summed E-state index contributed by atoms with van der Waals surface area (Å²) in [6, 6.07) is 4.74. The smallest absolute Gasteiger partial charge is 0.0904 e. The molecule has 1 saturated carbocycles. The van der Waals surface area contributed by atoms with E-state index in [1.54, 1.807) is 0 Å². The van der Waals surface area contributed by atoms with Crippen molar-refractivity contribution in [2.45, 2.75) is 64.3 Å². The van der Waals surface area contributed by atoms with Crippen molar-refractivity contribution in [3.05, 3.63) is 47.6 Å². The van der Waals surface area contributed by atoms with Crippen molar-refractivity contribution in [1.29, 1.82) is 0 Å². The number of hydrogen-bond donors (Lipinski definition) is 2. The van der Waals surface area contributed by atoms with Crippen molar-refractivity contribution in [3.63, 3.8) is 0 Å². The zero-order valence-corrected chi connectivity index (χ0v) is 13.6. The largest absolute Gasteiger partial charge is 0.386 e. The number of allylic oxidation sites excluding steroid dienone is 2. The highest BCUT2D eigenvalue weighted by molar-refractivity contribution is 6.14. The third kappa shape index (κ3) is 3.70. The molecule has 0 amide bonds. The Morgan fingerprint density at radius 3 is 2.68 bits per heavy atom. The van der Waals surface area contributed by atoms with Crippen LogP contribution in [0.1, 0.15) is 64.0 Å². The second-order valence-corrected chi connectivity index (χ2v) is 6.35. The maximum atomic E-state index is 4.80. The van der Waals surface area contributed by atoms with Crippen molar-refractivity contribution in [1.82, 2.24) is 10.3 Å². The van der Waals surface area contributed by atoms with Crippen molar-refractivity contribution >= 4 is 5.71 Å². The molecular formula is C19H27N3. The highest BCUT2D eigenvalue weighted by atomic mass is 14.9. The molecule has 3 heteroatoms. The third-order valence-electron chi connectivity index (χ3n) is 4.67. The second-order valence-electron chi connectivity index (χ2n) is 6.35. The summed E-state index contributed by atoms with van der Waals surface area (Å²) < 4.78 is 0. The molecule has 0 atom stereocenters. The van der Waals surface area contributed by atoms with Crippen LogP contribution < -0.4 is 5.32 Å². The predicted octanol–water partition coefficient (Wildman–Crippen LogP) is 4.70. The van der Waals surface area contributed by atoms with E-state index in [0.717, 1.165) is 23.5 Å².